The molecule has 0 aliphatic carbocycles. The zero-order valence-corrected chi connectivity index (χ0v) is 9.52. The number of rotatable bonds is 2. The largest absolute Gasteiger partial charge is 0.324 e. The van der Waals surface area contributed by atoms with E-state index in [4.69, 9.17) is 5.73 Å². The molecule has 0 aliphatic heterocycles. The monoisotopic (exact) mass is 212 g/mol. The molecule has 0 unspecified atom stereocenters. The predicted octanol–water partition coefficient (Wildman–Crippen LogP) is 2.06. The fraction of sp³-hybridized carbons (Fsp3) is 0.500. The number of nitrogens with one attached hydrogen (secondary N) is 1. The molecule has 1 amide bonds. The normalized spacial score (nSPS) is 13.7. The van der Waals surface area contributed by atoms with Crippen molar-refractivity contribution in [3.05, 3.63) is 16.8 Å². The first-order valence-electron chi connectivity index (χ1n) is 4.50. The van der Waals surface area contributed by atoms with Crippen molar-refractivity contribution in [3.8, 4) is 0 Å². The van der Waals surface area contributed by atoms with Gasteiger partial charge in [0, 0.05) is 5.38 Å². The van der Waals surface area contributed by atoms with Crippen molar-refractivity contribution >= 4 is 22.9 Å². The molecule has 0 fully saturated rings. The Labute approximate surface area is 88.3 Å². The fourth-order valence-electron chi connectivity index (χ4n) is 0.949. The van der Waals surface area contributed by atoms with Gasteiger partial charge in [0.05, 0.1) is 11.7 Å². The molecule has 0 saturated carbocycles. The first kappa shape index (κ1) is 11.2. The Kier molecular flexibility index (Phi) is 3.29. The van der Waals surface area contributed by atoms with Crippen LogP contribution in [0, 0.1) is 5.41 Å². The smallest absolute Gasteiger partial charge is 0.241 e. The van der Waals surface area contributed by atoms with Gasteiger partial charge in [-0.25, -0.2) is 0 Å². The van der Waals surface area contributed by atoms with Gasteiger partial charge in [-0.1, -0.05) is 20.8 Å². The molecule has 1 heterocycles. The third-order valence-corrected chi connectivity index (χ3v) is 2.69. The second-order valence-electron chi connectivity index (χ2n) is 4.34. The lowest BCUT2D eigenvalue weighted by Crippen LogP contribution is -2.45. The maximum absolute atomic E-state index is 11.6. The molecule has 1 aromatic heterocycles. The van der Waals surface area contributed by atoms with Crippen molar-refractivity contribution in [2.24, 2.45) is 11.1 Å². The Morgan fingerprint density at radius 3 is 2.64 bits per heavy atom. The van der Waals surface area contributed by atoms with Crippen LogP contribution in [0.2, 0.25) is 0 Å². The van der Waals surface area contributed by atoms with E-state index >= 15 is 0 Å². The summed E-state index contributed by atoms with van der Waals surface area (Å²) in [6, 6.07) is 1.38. The highest BCUT2D eigenvalue weighted by Crippen LogP contribution is 2.19. The van der Waals surface area contributed by atoms with E-state index in [9.17, 15) is 4.79 Å². The Hall–Kier alpha value is -0.870. The van der Waals surface area contributed by atoms with Crippen LogP contribution in [0.25, 0.3) is 0 Å². The standard InChI is InChI=1S/C10H16N2OS/c1-10(2,3)8(11)9(13)12-7-4-5-14-6-7/h4-6,8H,11H2,1-3H3,(H,12,13)/t8-/m0/s1. The quantitative estimate of drug-likeness (QED) is 0.788. The second-order valence-corrected chi connectivity index (χ2v) is 5.13. The number of amides is 1. The summed E-state index contributed by atoms with van der Waals surface area (Å²) in [6.07, 6.45) is 0. The van der Waals surface area contributed by atoms with Crippen molar-refractivity contribution in [2.75, 3.05) is 5.32 Å². The van der Waals surface area contributed by atoms with Gasteiger partial charge in [-0.3, -0.25) is 4.79 Å². The Morgan fingerprint density at radius 1 is 1.57 bits per heavy atom. The number of carbonyl (C=O) groups excluding carboxylic acids is 1. The van der Waals surface area contributed by atoms with Gasteiger partial charge in [-0.15, -0.1) is 0 Å². The van der Waals surface area contributed by atoms with E-state index in [2.05, 4.69) is 5.32 Å². The molecule has 0 spiro atoms. The first-order valence-corrected chi connectivity index (χ1v) is 5.44. The summed E-state index contributed by atoms with van der Waals surface area (Å²) < 4.78 is 0. The van der Waals surface area contributed by atoms with Gasteiger partial charge in [-0.2, -0.15) is 11.3 Å². The molecule has 4 heteroatoms. The lowest BCUT2D eigenvalue weighted by molar-refractivity contribution is -0.119. The van der Waals surface area contributed by atoms with Gasteiger partial charge in [0.1, 0.15) is 0 Å². The number of hydrogen-bond acceptors (Lipinski definition) is 3. The predicted molar refractivity (Wildman–Crippen MR) is 60.4 cm³/mol. The van der Waals surface area contributed by atoms with E-state index in [1.807, 2.05) is 37.6 Å². The highest BCUT2D eigenvalue weighted by molar-refractivity contribution is 7.08. The first-order chi connectivity index (χ1) is 6.41. The second kappa shape index (κ2) is 4.11. The highest BCUT2D eigenvalue weighted by Gasteiger charge is 2.27. The van der Waals surface area contributed by atoms with E-state index in [0.717, 1.165) is 5.69 Å². The Balaban J connectivity index is 2.59. The number of nitrogens with two attached hydrogens (primary N) is 1. The third kappa shape index (κ3) is 2.82. The average molecular weight is 212 g/mol. The van der Waals surface area contributed by atoms with Crippen LogP contribution >= 0.6 is 11.3 Å². The lowest BCUT2D eigenvalue weighted by atomic mass is 9.87. The van der Waals surface area contributed by atoms with Crippen molar-refractivity contribution < 1.29 is 4.79 Å². The maximum atomic E-state index is 11.6. The zero-order valence-electron chi connectivity index (χ0n) is 8.70. The summed E-state index contributed by atoms with van der Waals surface area (Å²) in [5.74, 6) is -0.129. The van der Waals surface area contributed by atoms with E-state index in [-0.39, 0.29) is 11.3 Å². The SMILES string of the molecule is CC(C)(C)[C@@H](N)C(=O)Nc1ccsc1. The van der Waals surface area contributed by atoms with Crippen LogP contribution in [0.15, 0.2) is 16.8 Å². The number of hydrogen-bond donors (Lipinski definition) is 2. The Bertz CT molecular complexity index is 300. The maximum Gasteiger partial charge on any atom is 0.241 e. The fourth-order valence-corrected chi connectivity index (χ4v) is 1.54. The van der Waals surface area contributed by atoms with Crippen molar-refractivity contribution in [3.63, 3.8) is 0 Å². The molecule has 0 aromatic carbocycles. The van der Waals surface area contributed by atoms with Crippen LogP contribution in [0.4, 0.5) is 5.69 Å². The minimum atomic E-state index is -0.484. The highest BCUT2D eigenvalue weighted by atomic mass is 32.1. The van der Waals surface area contributed by atoms with Crippen LogP contribution in [-0.2, 0) is 4.79 Å². The lowest BCUT2D eigenvalue weighted by Gasteiger charge is -2.25. The summed E-state index contributed by atoms with van der Waals surface area (Å²) >= 11 is 1.55. The van der Waals surface area contributed by atoms with Gasteiger partial charge >= 0.3 is 0 Å². The Morgan fingerprint density at radius 2 is 2.21 bits per heavy atom. The van der Waals surface area contributed by atoms with E-state index in [0.29, 0.717) is 0 Å². The van der Waals surface area contributed by atoms with Crippen LogP contribution in [0.3, 0.4) is 0 Å². The van der Waals surface area contributed by atoms with Gasteiger partial charge in [0.15, 0.2) is 0 Å². The van der Waals surface area contributed by atoms with Gasteiger partial charge in [-0.05, 0) is 16.9 Å². The third-order valence-electron chi connectivity index (χ3n) is 2.00. The minimum Gasteiger partial charge on any atom is -0.324 e. The molecule has 0 saturated heterocycles. The van der Waals surface area contributed by atoms with Gasteiger partial charge in [0.25, 0.3) is 0 Å². The summed E-state index contributed by atoms with van der Waals surface area (Å²) in [7, 11) is 0. The van der Waals surface area contributed by atoms with E-state index in [1.165, 1.54) is 0 Å². The van der Waals surface area contributed by atoms with E-state index < -0.39 is 6.04 Å². The molecule has 14 heavy (non-hydrogen) atoms. The number of carbonyl (C=O) groups is 1. The van der Waals surface area contributed by atoms with Crippen LogP contribution in [0.5, 0.6) is 0 Å². The molecule has 3 N–H and O–H groups in total. The van der Waals surface area contributed by atoms with Crippen LogP contribution < -0.4 is 11.1 Å². The molecule has 0 aliphatic rings. The molecular weight excluding hydrogens is 196 g/mol. The summed E-state index contributed by atoms with van der Waals surface area (Å²) in [5, 5.41) is 6.57. The number of anilines is 1. The zero-order chi connectivity index (χ0) is 10.8. The van der Waals surface area contributed by atoms with Crippen LogP contribution in [-0.4, -0.2) is 11.9 Å². The summed E-state index contributed by atoms with van der Waals surface area (Å²) in [5.41, 5.74) is 6.41. The van der Waals surface area contributed by atoms with Gasteiger partial charge < -0.3 is 11.1 Å². The summed E-state index contributed by atoms with van der Waals surface area (Å²) in [4.78, 5) is 11.6. The molecule has 1 rings (SSSR count). The van der Waals surface area contributed by atoms with Crippen molar-refractivity contribution in [1.29, 1.82) is 0 Å². The molecule has 3 nitrogen and oxygen atoms in total. The molecule has 0 radical (unpaired) electrons. The van der Waals surface area contributed by atoms with Gasteiger partial charge in [0.2, 0.25) is 5.91 Å². The molecule has 1 atom stereocenters. The molecule has 1 aromatic rings. The molecule has 0 bridgehead atoms. The number of thiophene rings is 1. The average Bonchev–Trinajstić information content (AvgIpc) is 2.53. The summed E-state index contributed by atoms with van der Waals surface area (Å²) in [6.45, 7) is 5.85. The topological polar surface area (TPSA) is 55.1 Å². The molecule has 78 valence electrons. The molecular formula is C10H16N2OS. The minimum absolute atomic E-state index is 0.129. The van der Waals surface area contributed by atoms with Crippen molar-refractivity contribution in [1.82, 2.24) is 0 Å². The van der Waals surface area contributed by atoms with Crippen molar-refractivity contribution in [2.45, 2.75) is 26.8 Å². The van der Waals surface area contributed by atoms with E-state index in [1.54, 1.807) is 11.3 Å². The van der Waals surface area contributed by atoms with Crippen LogP contribution in [0.1, 0.15) is 20.8 Å².